The lowest BCUT2D eigenvalue weighted by atomic mass is 9.94. The molecular weight excluding hydrogens is 361 g/mol. The van der Waals surface area contributed by atoms with Gasteiger partial charge in [0.2, 0.25) is 5.91 Å². The van der Waals surface area contributed by atoms with Crippen molar-refractivity contribution >= 4 is 5.91 Å². The molecule has 6 nitrogen and oxygen atoms in total. The zero-order valence-electron chi connectivity index (χ0n) is 15.6. The Kier molecular flexibility index (Phi) is 4.98. The summed E-state index contributed by atoms with van der Waals surface area (Å²) in [6.45, 7) is 0.456. The fraction of sp³-hybridized carbons (Fsp3) is 0.381. The van der Waals surface area contributed by atoms with Crippen molar-refractivity contribution in [3.05, 3.63) is 58.7 Å². The number of hydrogen-bond donors (Lipinski definition) is 1. The van der Waals surface area contributed by atoms with Gasteiger partial charge in [-0.1, -0.05) is 12.2 Å². The quantitative estimate of drug-likeness (QED) is 0.778. The number of carbonyl (C=O) groups is 1. The van der Waals surface area contributed by atoms with Gasteiger partial charge in [-0.25, -0.2) is 9.07 Å². The Hall–Kier alpha value is -2.96. The molecule has 1 aromatic heterocycles. The monoisotopic (exact) mass is 383 g/mol. The van der Waals surface area contributed by atoms with Gasteiger partial charge in [-0.15, -0.1) is 0 Å². The van der Waals surface area contributed by atoms with Crippen LogP contribution in [0.1, 0.15) is 12.8 Å². The van der Waals surface area contributed by atoms with Gasteiger partial charge in [0.15, 0.2) is 0 Å². The van der Waals surface area contributed by atoms with E-state index in [0.29, 0.717) is 41.3 Å². The highest BCUT2D eigenvalue weighted by Gasteiger charge is 2.35. The second kappa shape index (κ2) is 7.58. The Bertz CT molecular complexity index is 985. The van der Waals surface area contributed by atoms with Gasteiger partial charge in [0.25, 0.3) is 5.56 Å². The summed E-state index contributed by atoms with van der Waals surface area (Å²) >= 11 is 0. The molecule has 1 fully saturated rings. The minimum atomic E-state index is -0.427. The van der Waals surface area contributed by atoms with E-state index in [4.69, 9.17) is 4.74 Å². The molecule has 4 rings (SSSR count). The first-order chi connectivity index (χ1) is 13.5. The average Bonchev–Trinajstić information content (AvgIpc) is 3.31. The SMILES string of the molecule is COc1cc(F)ccc1-c1ccc(=O)n(CC(=O)NC[C@@H]2C[C@@H]3C=C[C@@H]2C3)n1. The van der Waals surface area contributed by atoms with Crippen LogP contribution in [-0.4, -0.2) is 29.3 Å². The third-order valence-electron chi connectivity index (χ3n) is 5.58. The summed E-state index contributed by atoms with van der Waals surface area (Å²) < 4.78 is 19.7. The van der Waals surface area contributed by atoms with E-state index in [1.165, 1.54) is 43.9 Å². The molecule has 2 bridgehead atoms. The normalized spacial score (nSPS) is 22.4. The van der Waals surface area contributed by atoms with Gasteiger partial charge in [0.1, 0.15) is 18.1 Å². The number of rotatable bonds is 6. The Balaban J connectivity index is 1.46. The molecular formula is C21H22FN3O3. The summed E-state index contributed by atoms with van der Waals surface area (Å²) in [6, 6.07) is 6.97. The van der Waals surface area contributed by atoms with Crippen molar-refractivity contribution in [3.8, 4) is 17.0 Å². The molecule has 0 saturated heterocycles. The molecule has 1 saturated carbocycles. The van der Waals surface area contributed by atoms with Crippen LogP contribution in [0.4, 0.5) is 4.39 Å². The molecule has 146 valence electrons. The number of fused-ring (bicyclic) bond motifs is 2. The number of ether oxygens (including phenoxy) is 1. The molecule has 0 aliphatic heterocycles. The van der Waals surface area contributed by atoms with E-state index in [1.54, 1.807) is 0 Å². The van der Waals surface area contributed by atoms with Crippen LogP contribution in [0.25, 0.3) is 11.3 Å². The van der Waals surface area contributed by atoms with E-state index in [1.807, 2.05) is 0 Å². The molecule has 3 atom stereocenters. The summed E-state index contributed by atoms with van der Waals surface area (Å²) in [4.78, 5) is 24.5. The first-order valence-corrected chi connectivity index (χ1v) is 9.40. The highest BCUT2D eigenvalue weighted by atomic mass is 19.1. The van der Waals surface area contributed by atoms with E-state index in [2.05, 4.69) is 22.6 Å². The fourth-order valence-corrected chi connectivity index (χ4v) is 4.15. The van der Waals surface area contributed by atoms with Crippen LogP contribution in [0.3, 0.4) is 0 Å². The smallest absolute Gasteiger partial charge is 0.267 e. The number of aromatic nitrogens is 2. The van der Waals surface area contributed by atoms with Crippen molar-refractivity contribution in [3.63, 3.8) is 0 Å². The predicted octanol–water partition coefficient (Wildman–Crippen LogP) is 2.39. The zero-order chi connectivity index (χ0) is 19.7. The maximum absolute atomic E-state index is 13.4. The number of nitrogens with one attached hydrogen (secondary N) is 1. The van der Waals surface area contributed by atoms with Crippen LogP contribution >= 0.6 is 0 Å². The Morgan fingerprint density at radius 1 is 1.29 bits per heavy atom. The number of halogens is 1. The van der Waals surface area contributed by atoms with Gasteiger partial charge in [-0.2, -0.15) is 5.10 Å². The first-order valence-electron chi connectivity index (χ1n) is 9.40. The second-order valence-electron chi connectivity index (χ2n) is 7.40. The molecule has 1 heterocycles. The first kappa shape index (κ1) is 18.4. The predicted molar refractivity (Wildman–Crippen MR) is 102 cm³/mol. The third-order valence-corrected chi connectivity index (χ3v) is 5.58. The lowest BCUT2D eigenvalue weighted by molar-refractivity contribution is -0.122. The van der Waals surface area contributed by atoms with Crippen molar-refractivity contribution < 1.29 is 13.9 Å². The number of methoxy groups -OCH3 is 1. The van der Waals surface area contributed by atoms with Crippen LogP contribution in [-0.2, 0) is 11.3 Å². The van der Waals surface area contributed by atoms with Crippen molar-refractivity contribution in [2.75, 3.05) is 13.7 Å². The zero-order valence-corrected chi connectivity index (χ0v) is 15.6. The number of hydrogen-bond acceptors (Lipinski definition) is 4. The Labute approximate surface area is 162 Å². The lowest BCUT2D eigenvalue weighted by Crippen LogP contribution is -2.36. The van der Waals surface area contributed by atoms with Crippen LogP contribution in [0.2, 0.25) is 0 Å². The van der Waals surface area contributed by atoms with Crippen molar-refractivity contribution in [2.45, 2.75) is 19.4 Å². The number of allylic oxidation sites excluding steroid dienone is 2. The molecule has 7 heteroatoms. The van der Waals surface area contributed by atoms with E-state index in [0.717, 1.165) is 11.1 Å². The van der Waals surface area contributed by atoms with Crippen molar-refractivity contribution in [2.24, 2.45) is 17.8 Å². The Morgan fingerprint density at radius 3 is 2.86 bits per heavy atom. The van der Waals surface area contributed by atoms with E-state index >= 15 is 0 Å². The van der Waals surface area contributed by atoms with Gasteiger partial charge in [-0.05, 0) is 48.8 Å². The molecule has 2 aromatic rings. The molecule has 1 amide bonds. The number of amides is 1. The summed E-state index contributed by atoms with van der Waals surface area (Å²) in [5, 5.41) is 7.20. The third kappa shape index (κ3) is 3.69. The summed E-state index contributed by atoms with van der Waals surface area (Å²) in [7, 11) is 1.44. The van der Waals surface area contributed by atoms with E-state index < -0.39 is 5.82 Å². The maximum Gasteiger partial charge on any atom is 0.267 e. The highest BCUT2D eigenvalue weighted by molar-refractivity contribution is 5.75. The van der Waals surface area contributed by atoms with Gasteiger partial charge in [-0.3, -0.25) is 9.59 Å². The van der Waals surface area contributed by atoms with Crippen LogP contribution < -0.4 is 15.6 Å². The standard InChI is InChI=1S/C21H22FN3O3/c1-28-19-10-16(22)4-5-17(19)18-6-7-21(27)25(24-18)12-20(26)23-11-15-9-13-2-3-14(15)8-13/h2-7,10,13-15H,8-9,11-12H2,1H3,(H,23,26)/t13-,14-,15+/m1/s1. The largest absolute Gasteiger partial charge is 0.496 e. The summed E-state index contributed by atoms with van der Waals surface area (Å²) in [5.74, 6) is 1.32. The van der Waals surface area contributed by atoms with Gasteiger partial charge in [0.05, 0.1) is 12.8 Å². The minimum Gasteiger partial charge on any atom is -0.496 e. The number of carbonyl (C=O) groups excluding carboxylic acids is 1. The lowest BCUT2D eigenvalue weighted by Gasteiger charge is -2.18. The van der Waals surface area contributed by atoms with Crippen LogP contribution in [0.15, 0.2) is 47.3 Å². The van der Waals surface area contributed by atoms with Gasteiger partial charge < -0.3 is 10.1 Å². The number of benzene rings is 1. The maximum atomic E-state index is 13.4. The molecule has 28 heavy (non-hydrogen) atoms. The highest BCUT2D eigenvalue weighted by Crippen LogP contribution is 2.42. The van der Waals surface area contributed by atoms with Crippen LogP contribution in [0.5, 0.6) is 5.75 Å². The minimum absolute atomic E-state index is 0.160. The topological polar surface area (TPSA) is 73.2 Å². The van der Waals surface area contributed by atoms with E-state index in [-0.39, 0.29) is 18.0 Å². The summed E-state index contributed by atoms with van der Waals surface area (Å²) in [6.07, 6.45) is 6.81. The fourth-order valence-electron chi connectivity index (χ4n) is 4.15. The van der Waals surface area contributed by atoms with Crippen molar-refractivity contribution in [1.29, 1.82) is 0 Å². The molecule has 2 aliphatic rings. The van der Waals surface area contributed by atoms with Crippen molar-refractivity contribution in [1.82, 2.24) is 15.1 Å². The van der Waals surface area contributed by atoms with Crippen LogP contribution in [0, 0.1) is 23.6 Å². The van der Waals surface area contributed by atoms with Gasteiger partial charge in [0, 0.05) is 24.2 Å². The molecule has 2 aliphatic carbocycles. The number of nitrogens with zero attached hydrogens (tertiary/aromatic N) is 2. The van der Waals surface area contributed by atoms with E-state index in [9.17, 15) is 14.0 Å². The molecule has 0 unspecified atom stereocenters. The second-order valence-corrected chi connectivity index (χ2v) is 7.40. The molecule has 0 spiro atoms. The summed E-state index contributed by atoms with van der Waals surface area (Å²) in [5.41, 5.74) is 0.608. The molecule has 1 aromatic carbocycles. The van der Waals surface area contributed by atoms with Gasteiger partial charge >= 0.3 is 0 Å². The Morgan fingerprint density at radius 2 is 2.14 bits per heavy atom. The molecule has 0 radical (unpaired) electrons. The average molecular weight is 383 g/mol. The molecule has 1 N–H and O–H groups in total.